The summed E-state index contributed by atoms with van der Waals surface area (Å²) in [5, 5.41) is 0. The van der Waals surface area contributed by atoms with Gasteiger partial charge in [-0.3, -0.25) is 0 Å². The molecule has 5 nitrogen and oxygen atoms in total. The molecule has 1 aromatic carbocycles. The van der Waals surface area contributed by atoms with Gasteiger partial charge in [-0.1, -0.05) is 17.7 Å². The van der Waals surface area contributed by atoms with E-state index in [2.05, 4.69) is 4.72 Å². The smallest absolute Gasteiger partial charge is 0.240 e. The third-order valence-electron chi connectivity index (χ3n) is 2.81. The van der Waals surface area contributed by atoms with Gasteiger partial charge >= 0.3 is 0 Å². The number of ether oxygens (including phenoxy) is 2. The SMILES string of the molecule is Cc1ccc(S(=O)(=O)NCC2(C)OCCO2)cc1. The number of benzene rings is 1. The first-order valence-electron chi connectivity index (χ1n) is 5.76. The van der Waals surface area contributed by atoms with Gasteiger partial charge in [0.1, 0.15) is 0 Å². The van der Waals surface area contributed by atoms with Gasteiger partial charge in [0.15, 0.2) is 5.79 Å². The molecule has 0 atom stereocenters. The fourth-order valence-electron chi connectivity index (χ4n) is 1.69. The van der Waals surface area contributed by atoms with Crippen molar-refractivity contribution in [1.82, 2.24) is 4.72 Å². The van der Waals surface area contributed by atoms with E-state index in [0.717, 1.165) is 5.56 Å². The zero-order chi connectivity index (χ0) is 13.2. The van der Waals surface area contributed by atoms with Crippen LogP contribution < -0.4 is 4.72 Å². The van der Waals surface area contributed by atoms with Crippen molar-refractivity contribution in [2.75, 3.05) is 19.8 Å². The van der Waals surface area contributed by atoms with Gasteiger partial charge in [0.25, 0.3) is 0 Å². The van der Waals surface area contributed by atoms with Crippen LogP contribution in [0.1, 0.15) is 12.5 Å². The first kappa shape index (κ1) is 13.5. The predicted octanol–water partition coefficient (Wildman–Crippen LogP) is 1.04. The van der Waals surface area contributed by atoms with E-state index in [1.165, 1.54) is 0 Å². The second-order valence-corrected chi connectivity index (χ2v) is 6.24. The maximum absolute atomic E-state index is 12.0. The van der Waals surface area contributed by atoms with Crippen molar-refractivity contribution in [3.8, 4) is 0 Å². The van der Waals surface area contributed by atoms with Gasteiger partial charge in [-0.25, -0.2) is 13.1 Å². The van der Waals surface area contributed by atoms with Crippen LogP contribution in [0.4, 0.5) is 0 Å². The lowest BCUT2D eigenvalue weighted by molar-refractivity contribution is -0.135. The fourth-order valence-corrected chi connectivity index (χ4v) is 2.80. The summed E-state index contributed by atoms with van der Waals surface area (Å²) in [6.45, 7) is 4.71. The largest absolute Gasteiger partial charge is 0.346 e. The molecule has 0 unspecified atom stereocenters. The molecule has 0 aliphatic carbocycles. The van der Waals surface area contributed by atoms with E-state index in [1.807, 2.05) is 6.92 Å². The highest BCUT2D eigenvalue weighted by Crippen LogP contribution is 2.18. The van der Waals surface area contributed by atoms with Crippen LogP contribution in [0.3, 0.4) is 0 Å². The molecule has 6 heteroatoms. The summed E-state index contributed by atoms with van der Waals surface area (Å²) in [5.41, 5.74) is 1.02. The third-order valence-corrected chi connectivity index (χ3v) is 4.23. The summed E-state index contributed by atoms with van der Waals surface area (Å²) in [6, 6.07) is 6.68. The van der Waals surface area contributed by atoms with Crippen LogP contribution in [-0.4, -0.2) is 34.0 Å². The molecule has 18 heavy (non-hydrogen) atoms. The van der Waals surface area contributed by atoms with Crippen molar-refractivity contribution >= 4 is 10.0 Å². The zero-order valence-electron chi connectivity index (χ0n) is 10.5. The van der Waals surface area contributed by atoms with Crippen molar-refractivity contribution in [2.24, 2.45) is 0 Å². The Labute approximate surface area is 107 Å². The average Bonchev–Trinajstić information content (AvgIpc) is 2.75. The Hall–Kier alpha value is -0.950. The summed E-state index contributed by atoms with van der Waals surface area (Å²) in [5.74, 6) is -0.863. The molecule has 0 bridgehead atoms. The van der Waals surface area contributed by atoms with Gasteiger partial charge in [0, 0.05) is 0 Å². The van der Waals surface area contributed by atoms with E-state index >= 15 is 0 Å². The van der Waals surface area contributed by atoms with Gasteiger partial charge < -0.3 is 9.47 Å². The maximum atomic E-state index is 12.0. The van der Waals surface area contributed by atoms with Crippen LogP contribution in [-0.2, 0) is 19.5 Å². The number of hydrogen-bond donors (Lipinski definition) is 1. The molecule has 0 spiro atoms. The minimum atomic E-state index is -3.51. The Morgan fingerprint density at radius 3 is 2.33 bits per heavy atom. The molecule has 100 valence electrons. The predicted molar refractivity (Wildman–Crippen MR) is 66.7 cm³/mol. The second-order valence-electron chi connectivity index (χ2n) is 4.47. The summed E-state index contributed by atoms with van der Waals surface area (Å²) in [7, 11) is -3.51. The average molecular weight is 271 g/mol. The van der Waals surface area contributed by atoms with Crippen LogP contribution in [0.25, 0.3) is 0 Å². The van der Waals surface area contributed by atoms with Crippen LogP contribution >= 0.6 is 0 Å². The van der Waals surface area contributed by atoms with E-state index in [-0.39, 0.29) is 11.4 Å². The second kappa shape index (κ2) is 4.97. The summed E-state index contributed by atoms with van der Waals surface area (Å²) in [4.78, 5) is 0.245. The molecule has 1 fully saturated rings. The third kappa shape index (κ3) is 3.08. The molecule has 0 saturated carbocycles. The molecule has 0 aromatic heterocycles. The molecule has 1 aliphatic rings. The van der Waals surface area contributed by atoms with Crippen LogP contribution in [0, 0.1) is 6.92 Å². The Balaban J connectivity index is 2.05. The lowest BCUT2D eigenvalue weighted by Crippen LogP contribution is -2.41. The maximum Gasteiger partial charge on any atom is 0.240 e. The van der Waals surface area contributed by atoms with Gasteiger partial charge in [-0.05, 0) is 26.0 Å². The summed E-state index contributed by atoms with van der Waals surface area (Å²) < 4.78 is 37.2. The van der Waals surface area contributed by atoms with Crippen molar-refractivity contribution < 1.29 is 17.9 Å². The van der Waals surface area contributed by atoms with E-state index in [0.29, 0.717) is 13.2 Å². The van der Waals surface area contributed by atoms with Crippen LogP contribution in [0.2, 0.25) is 0 Å². The Morgan fingerprint density at radius 1 is 1.22 bits per heavy atom. The molecule has 1 heterocycles. The highest BCUT2D eigenvalue weighted by atomic mass is 32.2. The first-order chi connectivity index (χ1) is 8.41. The molecule has 2 rings (SSSR count). The van der Waals surface area contributed by atoms with Gasteiger partial charge in [-0.15, -0.1) is 0 Å². The molecule has 1 aliphatic heterocycles. The van der Waals surface area contributed by atoms with E-state index in [9.17, 15) is 8.42 Å². The normalized spacial score (nSPS) is 19.0. The summed E-state index contributed by atoms with van der Waals surface area (Å²) in [6.07, 6.45) is 0. The van der Waals surface area contributed by atoms with Crippen LogP contribution in [0.15, 0.2) is 29.2 Å². The fraction of sp³-hybridized carbons (Fsp3) is 0.500. The number of nitrogens with one attached hydrogen (secondary N) is 1. The minimum absolute atomic E-state index is 0.100. The summed E-state index contributed by atoms with van der Waals surface area (Å²) >= 11 is 0. The number of hydrogen-bond acceptors (Lipinski definition) is 4. The Morgan fingerprint density at radius 2 is 1.78 bits per heavy atom. The van der Waals surface area contributed by atoms with E-state index in [4.69, 9.17) is 9.47 Å². The van der Waals surface area contributed by atoms with Crippen LogP contribution in [0.5, 0.6) is 0 Å². The Bertz CT molecular complexity index is 503. The van der Waals surface area contributed by atoms with Crippen molar-refractivity contribution in [3.63, 3.8) is 0 Å². The lowest BCUT2D eigenvalue weighted by atomic mass is 10.2. The number of rotatable bonds is 4. The van der Waals surface area contributed by atoms with Gasteiger partial charge in [0.05, 0.1) is 24.7 Å². The number of sulfonamides is 1. The minimum Gasteiger partial charge on any atom is -0.346 e. The van der Waals surface area contributed by atoms with Crippen molar-refractivity contribution in [3.05, 3.63) is 29.8 Å². The lowest BCUT2D eigenvalue weighted by Gasteiger charge is -2.22. The van der Waals surface area contributed by atoms with Gasteiger partial charge in [0.2, 0.25) is 10.0 Å². The van der Waals surface area contributed by atoms with Gasteiger partial charge in [-0.2, -0.15) is 0 Å². The van der Waals surface area contributed by atoms with E-state index in [1.54, 1.807) is 31.2 Å². The monoisotopic (exact) mass is 271 g/mol. The molecular formula is C12H17NO4S. The molecule has 0 amide bonds. The molecule has 0 radical (unpaired) electrons. The Kier molecular flexibility index (Phi) is 3.72. The highest BCUT2D eigenvalue weighted by Gasteiger charge is 2.32. The topological polar surface area (TPSA) is 64.6 Å². The molecule has 1 aromatic rings. The molecule has 1 N–H and O–H groups in total. The van der Waals surface area contributed by atoms with Crippen molar-refractivity contribution in [2.45, 2.75) is 24.5 Å². The zero-order valence-corrected chi connectivity index (χ0v) is 11.3. The quantitative estimate of drug-likeness (QED) is 0.888. The molecule has 1 saturated heterocycles. The standard InChI is InChI=1S/C12H17NO4S/c1-10-3-5-11(6-4-10)18(14,15)13-9-12(2)16-7-8-17-12/h3-6,13H,7-9H2,1-2H3. The number of aryl methyl sites for hydroxylation is 1. The molecular weight excluding hydrogens is 254 g/mol. The first-order valence-corrected chi connectivity index (χ1v) is 7.24. The highest BCUT2D eigenvalue weighted by molar-refractivity contribution is 7.89. The van der Waals surface area contributed by atoms with Crippen molar-refractivity contribution in [1.29, 1.82) is 0 Å². The van der Waals surface area contributed by atoms with E-state index < -0.39 is 15.8 Å².